The van der Waals surface area contributed by atoms with E-state index in [0.29, 0.717) is 19.3 Å². The van der Waals surface area contributed by atoms with Crippen LogP contribution in [0.2, 0.25) is 0 Å². The fourth-order valence-electron chi connectivity index (χ4n) is 1.92. The molecule has 1 aliphatic heterocycles. The fraction of sp³-hybridized carbons (Fsp3) is 0.750. The molecule has 1 unspecified atom stereocenters. The molecule has 0 radical (unpaired) electrons. The van der Waals surface area contributed by atoms with Gasteiger partial charge < -0.3 is 15.2 Å². The van der Waals surface area contributed by atoms with Crippen LogP contribution in [0, 0.1) is 0 Å². The van der Waals surface area contributed by atoms with E-state index in [4.69, 9.17) is 15.2 Å². The van der Waals surface area contributed by atoms with Crippen molar-refractivity contribution in [2.75, 3.05) is 13.2 Å². The second kappa shape index (κ2) is 5.62. The predicted molar refractivity (Wildman–Crippen MR) is 64.6 cm³/mol. The van der Waals surface area contributed by atoms with Crippen LogP contribution in [-0.2, 0) is 15.9 Å². The monoisotopic (exact) mass is 239 g/mol. The Bertz CT molecular complexity index is 345. The van der Waals surface area contributed by atoms with Crippen molar-refractivity contribution in [1.29, 1.82) is 0 Å². The zero-order valence-electron chi connectivity index (χ0n) is 10.5. The van der Waals surface area contributed by atoms with Crippen molar-refractivity contribution in [2.24, 2.45) is 5.73 Å². The van der Waals surface area contributed by atoms with Gasteiger partial charge in [-0.15, -0.1) is 0 Å². The second-order valence-electron chi connectivity index (χ2n) is 4.75. The Balaban J connectivity index is 1.82. The van der Waals surface area contributed by atoms with Gasteiger partial charge in [-0.2, -0.15) is 5.10 Å². The van der Waals surface area contributed by atoms with Crippen LogP contribution in [0.3, 0.4) is 0 Å². The third kappa shape index (κ3) is 3.52. The summed E-state index contributed by atoms with van der Waals surface area (Å²) in [4.78, 5) is 0. The van der Waals surface area contributed by atoms with Gasteiger partial charge in [-0.05, 0) is 19.9 Å². The summed E-state index contributed by atoms with van der Waals surface area (Å²) in [6.07, 6.45) is 3.37. The van der Waals surface area contributed by atoms with Gasteiger partial charge >= 0.3 is 0 Å². The van der Waals surface area contributed by atoms with Crippen molar-refractivity contribution in [2.45, 2.75) is 45.1 Å². The Kier molecular flexibility index (Phi) is 4.15. The minimum absolute atomic E-state index is 0.0358. The number of rotatable bonds is 5. The van der Waals surface area contributed by atoms with Gasteiger partial charge in [0.2, 0.25) is 0 Å². The number of nitrogens with zero attached hydrogens (tertiary/aromatic N) is 2. The largest absolute Gasteiger partial charge is 0.350 e. The van der Waals surface area contributed by atoms with Gasteiger partial charge in [0.25, 0.3) is 0 Å². The molecule has 0 bridgehead atoms. The van der Waals surface area contributed by atoms with Crippen LogP contribution in [0.5, 0.6) is 0 Å². The molecule has 0 spiro atoms. The van der Waals surface area contributed by atoms with Gasteiger partial charge in [0.05, 0.1) is 18.9 Å². The number of nitrogens with two attached hydrogens (primary N) is 1. The molecule has 5 heteroatoms. The van der Waals surface area contributed by atoms with Crippen molar-refractivity contribution in [1.82, 2.24) is 9.78 Å². The molecule has 0 aromatic carbocycles. The molecule has 0 amide bonds. The third-order valence-corrected chi connectivity index (χ3v) is 2.85. The molecule has 2 heterocycles. The molecule has 1 aromatic heterocycles. The van der Waals surface area contributed by atoms with Crippen molar-refractivity contribution < 1.29 is 9.47 Å². The average molecular weight is 239 g/mol. The number of aromatic nitrogens is 2. The lowest BCUT2D eigenvalue weighted by Crippen LogP contribution is -2.29. The third-order valence-electron chi connectivity index (χ3n) is 2.85. The quantitative estimate of drug-likeness (QED) is 0.835. The Labute approximate surface area is 102 Å². The van der Waals surface area contributed by atoms with E-state index >= 15 is 0 Å². The first-order valence-corrected chi connectivity index (χ1v) is 6.18. The Morgan fingerprint density at radius 2 is 2.18 bits per heavy atom. The van der Waals surface area contributed by atoms with E-state index in [1.807, 2.05) is 16.9 Å². The Hall–Kier alpha value is -0.910. The zero-order valence-corrected chi connectivity index (χ0v) is 10.5. The van der Waals surface area contributed by atoms with Crippen LogP contribution in [0.25, 0.3) is 0 Å². The number of hydrogen-bond acceptors (Lipinski definition) is 4. The predicted octanol–water partition coefficient (Wildman–Crippen LogP) is 1.10. The maximum absolute atomic E-state index is 6.06. The molecule has 96 valence electrons. The summed E-state index contributed by atoms with van der Waals surface area (Å²) < 4.78 is 12.7. The van der Waals surface area contributed by atoms with Crippen LogP contribution in [0.15, 0.2) is 12.3 Å². The minimum Gasteiger partial charge on any atom is -0.350 e. The molecule has 2 rings (SSSR count). The van der Waals surface area contributed by atoms with Crippen LogP contribution in [0.4, 0.5) is 0 Å². The lowest BCUT2D eigenvalue weighted by atomic mass is 10.1. The van der Waals surface area contributed by atoms with Gasteiger partial charge in [-0.1, -0.05) is 0 Å². The van der Waals surface area contributed by atoms with Crippen molar-refractivity contribution in [3.8, 4) is 0 Å². The molecule has 1 saturated heterocycles. The van der Waals surface area contributed by atoms with Gasteiger partial charge in [0.1, 0.15) is 0 Å². The smallest absolute Gasteiger partial charge is 0.159 e. The van der Waals surface area contributed by atoms with Gasteiger partial charge in [0.15, 0.2) is 6.29 Å². The fourth-order valence-corrected chi connectivity index (χ4v) is 1.92. The molecule has 0 saturated carbocycles. The second-order valence-corrected chi connectivity index (χ2v) is 4.75. The van der Waals surface area contributed by atoms with E-state index in [-0.39, 0.29) is 12.3 Å². The van der Waals surface area contributed by atoms with Crippen LogP contribution >= 0.6 is 0 Å². The molecule has 1 fully saturated rings. The highest BCUT2D eigenvalue weighted by Gasteiger charge is 2.20. The Morgan fingerprint density at radius 1 is 1.47 bits per heavy atom. The standard InChI is InChI=1S/C12H21N3O2/c1-9(2)15-4-3-11(14-15)7-10(13)8-12-16-5-6-17-12/h3-4,9-10,12H,5-8,13H2,1-2H3. The Morgan fingerprint density at radius 3 is 2.76 bits per heavy atom. The molecule has 1 aromatic rings. The summed E-state index contributed by atoms with van der Waals surface area (Å²) in [5, 5.41) is 4.48. The molecule has 0 aliphatic carbocycles. The van der Waals surface area contributed by atoms with E-state index in [9.17, 15) is 0 Å². The van der Waals surface area contributed by atoms with E-state index < -0.39 is 0 Å². The molecule has 1 aliphatic rings. The molecule has 5 nitrogen and oxygen atoms in total. The molecule has 17 heavy (non-hydrogen) atoms. The first-order valence-electron chi connectivity index (χ1n) is 6.18. The summed E-state index contributed by atoms with van der Waals surface area (Å²) in [6, 6.07) is 2.45. The zero-order chi connectivity index (χ0) is 12.3. The van der Waals surface area contributed by atoms with Gasteiger partial charge in [-0.3, -0.25) is 4.68 Å². The SMILES string of the molecule is CC(C)n1ccc(CC(N)CC2OCCO2)n1. The highest BCUT2D eigenvalue weighted by atomic mass is 16.7. The van der Waals surface area contributed by atoms with Gasteiger partial charge in [-0.25, -0.2) is 0 Å². The van der Waals surface area contributed by atoms with Crippen LogP contribution < -0.4 is 5.73 Å². The highest BCUT2D eigenvalue weighted by molar-refractivity contribution is 5.01. The average Bonchev–Trinajstić information content (AvgIpc) is 2.88. The lowest BCUT2D eigenvalue weighted by Gasteiger charge is -2.14. The minimum atomic E-state index is -0.128. The van der Waals surface area contributed by atoms with Crippen molar-refractivity contribution in [3.63, 3.8) is 0 Å². The summed E-state index contributed by atoms with van der Waals surface area (Å²) in [5.74, 6) is 0. The summed E-state index contributed by atoms with van der Waals surface area (Å²) in [5.41, 5.74) is 7.09. The molecular weight excluding hydrogens is 218 g/mol. The van der Waals surface area contributed by atoms with Crippen molar-refractivity contribution in [3.05, 3.63) is 18.0 Å². The highest BCUT2D eigenvalue weighted by Crippen LogP contribution is 2.12. The first kappa shape index (κ1) is 12.5. The molecule has 1 atom stereocenters. The first-order chi connectivity index (χ1) is 8.15. The normalized spacial score (nSPS) is 19.1. The van der Waals surface area contributed by atoms with E-state index in [1.165, 1.54) is 0 Å². The molecular formula is C12H21N3O2. The number of hydrogen-bond donors (Lipinski definition) is 1. The summed E-state index contributed by atoms with van der Waals surface area (Å²) in [6.45, 7) is 5.58. The maximum Gasteiger partial charge on any atom is 0.159 e. The van der Waals surface area contributed by atoms with Gasteiger partial charge in [0, 0.05) is 31.1 Å². The summed E-state index contributed by atoms with van der Waals surface area (Å²) >= 11 is 0. The van der Waals surface area contributed by atoms with Crippen LogP contribution in [-0.4, -0.2) is 35.3 Å². The topological polar surface area (TPSA) is 62.3 Å². The summed E-state index contributed by atoms with van der Waals surface area (Å²) in [7, 11) is 0. The maximum atomic E-state index is 6.06. The molecule has 2 N–H and O–H groups in total. The van der Waals surface area contributed by atoms with E-state index in [1.54, 1.807) is 0 Å². The van der Waals surface area contributed by atoms with E-state index in [2.05, 4.69) is 18.9 Å². The van der Waals surface area contributed by atoms with Crippen molar-refractivity contribution >= 4 is 0 Å². The van der Waals surface area contributed by atoms with Crippen LogP contribution in [0.1, 0.15) is 32.0 Å². The van der Waals surface area contributed by atoms with E-state index in [0.717, 1.165) is 18.5 Å². The number of ether oxygens (including phenoxy) is 2. The lowest BCUT2D eigenvalue weighted by molar-refractivity contribution is -0.0505.